The Morgan fingerprint density at radius 2 is 1.92 bits per heavy atom. The highest BCUT2D eigenvalue weighted by molar-refractivity contribution is 5.55. The van der Waals surface area contributed by atoms with Crippen LogP contribution in [0, 0.1) is 12.3 Å². The van der Waals surface area contributed by atoms with E-state index in [1.54, 1.807) is 7.11 Å². The second-order valence-corrected chi connectivity index (χ2v) is 2.98. The van der Waals surface area contributed by atoms with Gasteiger partial charge in [0.05, 0.1) is 0 Å². The van der Waals surface area contributed by atoms with Gasteiger partial charge in [0, 0.05) is 12.6 Å². The first-order chi connectivity index (χ1) is 6.41. The monoisotopic (exact) mass is 181 g/mol. The molecule has 0 radical (unpaired) electrons. The molecule has 0 atom stereocenters. The lowest BCUT2D eigenvalue weighted by Gasteiger charge is -1.96. The Labute approximate surface area is 81.4 Å². The van der Waals surface area contributed by atoms with Crippen molar-refractivity contribution in [3.05, 3.63) is 0 Å². The summed E-state index contributed by atoms with van der Waals surface area (Å²) in [6.07, 6.45) is 15.1. The van der Waals surface area contributed by atoms with Crippen molar-refractivity contribution in [2.75, 3.05) is 7.11 Å². The maximum Gasteiger partial charge on any atom is 0.106 e. The molecule has 0 saturated heterocycles. The Hall–Kier alpha value is -0.970. The summed E-state index contributed by atoms with van der Waals surface area (Å²) in [4.78, 5) is 4.55. The quantitative estimate of drug-likeness (QED) is 0.244. The number of hydrogen-bond acceptors (Lipinski definition) is 2. The summed E-state index contributed by atoms with van der Waals surface area (Å²) in [5, 5.41) is 3.67. The van der Waals surface area contributed by atoms with Crippen molar-refractivity contribution in [1.82, 2.24) is 0 Å². The fourth-order valence-electron chi connectivity index (χ4n) is 1.12. The van der Waals surface area contributed by atoms with E-state index in [9.17, 15) is 0 Å². The van der Waals surface area contributed by atoms with E-state index < -0.39 is 0 Å². The van der Waals surface area contributed by atoms with Crippen LogP contribution < -0.4 is 0 Å². The van der Waals surface area contributed by atoms with Crippen LogP contribution in [0.25, 0.3) is 0 Å². The minimum Gasteiger partial charge on any atom is -0.399 e. The molecule has 0 heterocycles. The number of rotatable bonds is 8. The Morgan fingerprint density at radius 3 is 2.62 bits per heavy atom. The number of oxime groups is 1. The van der Waals surface area contributed by atoms with Crippen LogP contribution in [0.2, 0.25) is 0 Å². The van der Waals surface area contributed by atoms with Gasteiger partial charge in [0.25, 0.3) is 0 Å². The molecule has 0 bridgehead atoms. The third-order valence-electron chi connectivity index (χ3n) is 1.83. The molecule has 74 valence electrons. The molecule has 0 aromatic carbocycles. The highest BCUT2D eigenvalue weighted by Crippen LogP contribution is 2.05. The third kappa shape index (κ3) is 11.0. The fourth-order valence-corrected chi connectivity index (χ4v) is 1.12. The van der Waals surface area contributed by atoms with Crippen LogP contribution in [0.1, 0.15) is 44.9 Å². The fraction of sp³-hybridized carbons (Fsp3) is 0.727. The Bertz CT molecular complexity index is 158. The molecule has 0 aromatic heterocycles. The molecule has 0 fully saturated rings. The summed E-state index contributed by atoms with van der Waals surface area (Å²) >= 11 is 0. The minimum absolute atomic E-state index is 0.922. The van der Waals surface area contributed by atoms with E-state index in [1.807, 2.05) is 6.21 Å². The van der Waals surface area contributed by atoms with Gasteiger partial charge in [-0.25, -0.2) is 0 Å². The van der Waals surface area contributed by atoms with E-state index in [2.05, 4.69) is 15.9 Å². The molecule has 2 heteroatoms. The van der Waals surface area contributed by atoms with E-state index in [0.29, 0.717) is 0 Å². The van der Waals surface area contributed by atoms with Gasteiger partial charge in [-0.3, -0.25) is 0 Å². The van der Waals surface area contributed by atoms with Gasteiger partial charge in [-0.1, -0.05) is 24.4 Å². The number of unbranched alkanes of at least 4 members (excludes halogenated alkanes) is 6. The SMILES string of the molecule is C#CCCCCCCC/C=N\OC. The molecule has 0 aliphatic heterocycles. The first-order valence-electron chi connectivity index (χ1n) is 4.90. The highest BCUT2D eigenvalue weighted by Gasteiger charge is 1.88. The normalized spacial score (nSPS) is 10.2. The Morgan fingerprint density at radius 1 is 1.23 bits per heavy atom. The van der Waals surface area contributed by atoms with Crippen molar-refractivity contribution in [1.29, 1.82) is 0 Å². The van der Waals surface area contributed by atoms with Crippen molar-refractivity contribution < 1.29 is 4.84 Å². The van der Waals surface area contributed by atoms with Crippen LogP contribution in [-0.4, -0.2) is 13.3 Å². The molecule has 0 aromatic rings. The molecule has 0 amide bonds. The smallest absolute Gasteiger partial charge is 0.106 e. The van der Waals surface area contributed by atoms with Gasteiger partial charge in [-0.2, -0.15) is 0 Å². The predicted molar refractivity (Wildman–Crippen MR) is 56.7 cm³/mol. The first kappa shape index (κ1) is 12.0. The second-order valence-electron chi connectivity index (χ2n) is 2.98. The van der Waals surface area contributed by atoms with Gasteiger partial charge in [0.2, 0.25) is 0 Å². The summed E-state index contributed by atoms with van der Waals surface area (Å²) in [5.41, 5.74) is 0. The summed E-state index contributed by atoms with van der Waals surface area (Å²) in [6.45, 7) is 0. The van der Waals surface area contributed by atoms with Gasteiger partial charge in [0.15, 0.2) is 0 Å². The first-order valence-corrected chi connectivity index (χ1v) is 4.90. The Balaban J connectivity index is 2.92. The molecular weight excluding hydrogens is 162 g/mol. The van der Waals surface area contributed by atoms with Gasteiger partial charge >= 0.3 is 0 Å². The van der Waals surface area contributed by atoms with Crippen molar-refractivity contribution in [3.63, 3.8) is 0 Å². The number of terminal acetylenes is 1. The summed E-state index contributed by atoms with van der Waals surface area (Å²) < 4.78 is 0. The van der Waals surface area contributed by atoms with Crippen molar-refractivity contribution in [3.8, 4) is 12.3 Å². The maximum absolute atomic E-state index is 5.14. The van der Waals surface area contributed by atoms with Crippen LogP contribution in [0.3, 0.4) is 0 Å². The number of nitrogens with zero attached hydrogens (tertiary/aromatic N) is 1. The van der Waals surface area contributed by atoms with Gasteiger partial charge < -0.3 is 4.84 Å². The Kier molecular flexibility index (Phi) is 10.2. The van der Waals surface area contributed by atoms with E-state index in [1.165, 1.54) is 32.1 Å². The third-order valence-corrected chi connectivity index (χ3v) is 1.83. The van der Waals surface area contributed by atoms with E-state index in [0.717, 1.165) is 12.8 Å². The minimum atomic E-state index is 0.922. The van der Waals surface area contributed by atoms with E-state index in [4.69, 9.17) is 6.42 Å². The highest BCUT2D eigenvalue weighted by atomic mass is 16.6. The molecule has 0 unspecified atom stereocenters. The molecule has 0 aliphatic carbocycles. The molecule has 2 nitrogen and oxygen atoms in total. The van der Waals surface area contributed by atoms with Gasteiger partial charge in [-0.15, -0.1) is 12.3 Å². The number of hydrogen-bond donors (Lipinski definition) is 0. The molecular formula is C11H19NO. The lowest BCUT2D eigenvalue weighted by molar-refractivity contribution is 0.214. The zero-order valence-electron chi connectivity index (χ0n) is 8.46. The van der Waals surface area contributed by atoms with Crippen molar-refractivity contribution in [2.45, 2.75) is 44.9 Å². The average Bonchev–Trinajstić information content (AvgIpc) is 2.16. The topological polar surface area (TPSA) is 21.6 Å². The van der Waals surface area contributed by atoms with Gasteiger partial charge in [-0.05, 0) is 19.3 Å². The summed E-state index contributed by atoms with van der Waals surface area (Å²) in [5.74, 6) is 2.65. The van der Waals surface area contributed by atoms with Crippen molar-refractivity contribution >= 4 is 6.21 Å². The largest absolute Gasteiger partial charge is 0.399 e. The second kappa shape index (κ2) is 11.0. The van der Waals surface area contributed by atoms with Gasteiger partial charge in [0.1, 0.15) is 7.11 Å². The van der Waals surface area contributed by atoms with Crippen molar-refractivity contribution in [2.24, 2.45) is 5.16 Å². The lowest BCUT2D eigenvalue weighted by Crippen LogP contribution is -1.81. The molecule has 0 saturated carbocycles. The maximum atomic E-state index is 5.14. The lowest BCUT2D eigenvalue weighted by atomic mass is 10.1. The standard InChI is InChI=1S/C11H19NO/c1-3-4-5-6-7-8-9-10-11-12-13-2/h1,11H,4-10H2,2H3/b12-11-. The van der Waals surface area contributed by atoms with E-state index in [-0.39, 0.29) is 0 Å². The molecule has 0 spiro atoms. The average molecular weight is 181 g/mol. The predicted octanol–water partition coefficient (Wildman–Crippen LogP) is 2.98. The molecule has 0 rings (SSSR count). The molecule has 0 aliphatic rings. The molecule has 0 N–H and O–H groups in total. The molecule has 13 heavy (non-hydrogen) atoms. The van der Waals surface area contributed by atoms with Crippen LogP contribution in [-0.2, 0) is 4.84 Å². The van der Waals surface area contributed by atoms with Crippen LogP contribution >= 0.6 is 0 Å². The van der Waals surface area contributed by atoms with Crippen LogP contribution in [0.15, 0.2) is 5.16 Å². The zero-order chi connectivity index (χ0) is 9.78. The zero-order valence-corrected chi connectivity index (χ0v) is 8.46. The summed E-state index contributed by atoms with van der Waals surface area (Å²) in [6, 6.07) is 0. The summed E-state index contributed by atoms with van der Waals surface area (Å²) in [7, 11) is 1.57. The van der Waals surface area contributed by atoms with Crippen LogP contribution in [0.5, 0.6) is 0 Å². The van der Waals surface area contributed by atoms with E-state index >= 15 is 0 Å². The van der Waals surface area contributed by atoms with Crippen LogP contribution in [0.4, 0.5) is 0 Å².